The Morgan fingerprint density at radius 3 is 2.58 bits per heavy atom. The molecule has 0 bridgehead atoms. The van der Waals surface area contributed by atoms with Gasteiger partial charge in [0.05, 0.1) is 6.04 Å². The second-order valence-electron chi connectivity index (χ2n) is 2.56. The van der Waals surface area contributed by atoms with Crippen LogP contribution >= 0.6 is 0 Å². The Balaban J connectivity index is 2.56. The van der Waals surface area contributed by atoms with Crippen LogP contribution in [0.25, 0.3) is 0 Å². The molecule has 0 amide bonds. The Hall–Kier alpha value is -1.19. The zero-order valence-corrected chi connectivity index (χ0v) is 6.60. The van der Waals surface area contributed by atoms with Crippen molar-refractivity contribution in [2.75, 3.05) is 0 Å². The average Bonchev–Trinajstić information content (AvgIpc) is 2.16. The van der Waals surface area contributed by atoms with E-state index in [1.165, 1.54) is 0 Å². The van der Waals surface area contributed by atoms with Gasteiger partial charge in [0.2, 0.25) is 0 Å². The maximum atomic E-state index is 10.3. The lowest BCUT2D eigenvalue weighted by Gasteiger charge is -2.06. The standard InChI is InChI=1S/C9H11NO2/c11-7-9(10-12)6-8-4-2-1-3-5-8/h1-5,7,9-10,12H,6H2. The maximum Gasteiger partial charge on any atom is 0.139 e. The highest BCUT2D eigenvalue weighted by Crippen LogP contribution is 2.00. The van der Waals surface area contributed by atoms with Gasteiger partial charge in [0.1, 0.15) is 6.29 Å². The molecular formula is C9H11NO2. The Bertz CT molecular complexity index is 236. The summed E-state index contributed by atoms with van der Waals surface area (Å²) in [5.41, 5.74) is 2.96. The zero-order valence-electron chi connectivity index (χ0n) is 6.60. The van der Waals surface area contributed by atoms with Gasteiger partial charge in [0, 0.05) is 0 Å². The number of aldehydes is 1. The highest BCUT2D eigenvalue weighted by molar-refractivity contribution is 5.57. The first kappa shape index (κ1) is 8.90. The minimum Gasteiger partial charge on any atom is -0.316 e. The van der Waals surface area contributed by atoms with Gasteiger partial charge in [-0.25, -0.2) is 0 Å². The first-order chi connectivity index (χ1) is 5.86. The molecule has 3 nitrogen and oxygen atoms in total. The quantitative estimate of drug-likeness (QED) is 0.512. The van der Waals surface area contributed by atoms with Crippen LogP contribution in [0.15, 0.2) is 30.3 Å². The molecule has 1 rings (SSSR count). The molecule has 0 aliphatic carbocycles. The Morgan fingerprint density at radius 1 is 1.42 bits per heavy atom. The van der Waals surface area contributed by atoms with E-state index >= 15 is 0 Å². The molecule has 1 aromatic rings. The predicted octanol–water partition coefficient (Wildman–Crippen LogP) is 0.775. The summed E-state index contributed by atoms with van der Waals surface area (Å²) < 4.78 is 0. The van der Waals surface area contributed by atoms with Crippen molar-refractivity contribution in [2.24, 2.45) is 0 Å². The van der Waals surface area contributed by atoms with Crippen molar-refractivity contribution in [3.8, 4) is 0 Å². The van der Waals surface area contributed by atoms with Crippen molar-refractivity contribution in [3.63, 3.8) is 0 Å². The number of nitrogens with one attached hydrogen (secondary N) is 1. The van der Waals surface area contributed by atoms with Gasteiger partial charge in [0.15, 0.2) is 0 Å². The summed E-state index contributed by atoms with van der Waals surface area (Å²) in [5.74, 6) is 0. The van der Waals surface area contributed by atoms with Crippen LogP contribution in [0.4, 0.5) is 0 Å². The van der Waals surface area contributed by atoms with E-state index in [0.717, 1.165) is 5.56 Å². The monoisotopic (exact) mass is 165 g/mol. The summed E-state index contributed by atoms with van der Waals surface area (Å²) in [4.78, 5) is 10.3. The molecule has 0 heterocycles. The van der Waals surface area contributed by atoms with Crippen LogP contribution in [0, 0.1) is 0 Å². The largest absolute Gasteiger partial charge is 0.316 e. The summed E-state index contributed by atoms with van der Waals surface area (Å²) in [6.45, 7) is 0. The minimum absolute atomic E-state index is 0.507. The molecule has 1 atom stereocenters. The van der Waals surface area contributed by atoms with Gasteiger partial charge in [-0.2, -0.15) is 5.48 Å². The van der Waals surface area contributed by atoms with E-state index in [2.05, 4.69) is 0 Å². The third-order valence-corrected chi connectivity index (χ3v) is 1.63. The van der Waals surface area contributed by atoms with Gasteiger partial charge in [0.25, 0.3) is 0 Å². The van der Waals surface area contributed by atoms with Gasteiger partial charge >= 0.3 is 0 Å². The molecule has 0 saturated heterocycles. The van der Waals surface area contributed by atoms with Crippen molar-refractivity contribution in [2.45, 2.75) is 12.5 Å². The second-order valence-corrected chi connectivity index (χ2v) is 2.56. The van der Waals surface area contributed by atoms with E-state index in [0.29, 0.717) is 12.7 Å². The predicted molar refractivity (Wildman–Crippen MR) is 44.9 cm³/mol. The van der Waals surface area contributed by atoms with Crippen LogP contribution in [0.1, 0.15) is 5.56 Å². The van der Waals surface area contributed by atoms with Gasteiger partial charge < -0.3 is 10.0 Å². The number of hydrogen-bond donors (Lipinski definition) is 2. The van der Waals surface area contributed by atoms with E-state index in [1.54, 1.807) is 0 Å². The Labute approximate surface area is 71.0 Å². The maximum absolute atomic E-state index is 10.3. The summed E-state index contributed by atoms with van der Waals surface area (Å²) in [6, 6.07) is 9.02. The molecule has 64 valence electrons. The summed E-state index contributed by atoms with van der Waals surface area (Å²) in [5, 5.41) is 8.51. The first-order valence-electron chi connectivity index (χ1n) is 3.75. The fourth-order valence-corrected chi connectivity index (χ4v) is 0.992. The third kappa shape index (κ3) is 2.45. The Morgan fingerprint density at radius 2 is 2.08 bits per heavy atom. The lowest BCUT2D eigenvalue weighted by molar-refractivity contribution is -0.111. The highest BCUT2D eigenvalue weighted by Gasteiger charge is 2.04. The van der Waals surface area contributed by atoms with Crippen molar-refractivity contribution in [3.05, 3.63) is 35.9 Å². The first-order valence-corrected chi connectivity index (χ1v) is 3.75. The summed E-state index contributed by atoms with van der Waals surface area (Å²) in [6.07, 6.45) is 1.20. The molecule has 0 spiro atoms. The molecule has 2 N–H and O–H groups in total. The number of carbonyl (C=O) groups is 1. The summed E-state index contributed by atoms with van der Waals surface area (Å²) in [7, 11) is 0. The van der Waals surface area contributed by atoms with Crippen LogP contribution < -0.4 is 5.48 Å². The molecule has 1 aromatic carbocycles. The van der Waals surface area contributed by atoms with Gasteiger partial charge in [-0.05, 0) is 12.0 Å². The topological polar surface area (TPSA) is 49.3 Å². The normalized spacial score (nSPS) is 12.4. The number of hydrogen-bond acceptors (Lipinski definition) is 3. The zero-order chi connectivity index (χ0) is 8.81. The fourth-order valence-electron chi connectivity index (χ4n) is 0.992. The van der Waals surface area contributed by atoms with E-state index in [9.17, 15) is 4.79 Å². The van der Waals surface area contributed by atoms with Gasteiger partial charge in [-0.15, -0.1) is 0 Å². The number of carbonyl (C=O) groups excluding carboxylic acids is 1. The van der Waals surface area contributed by atoms with Gasteiger partial charge in [-0.3, -0.25) is 0 Å². The lowest BCUT2D eigenvalue weighted by Crippen LogP contribution is -2.29. The fraction of sp³-hybridized carbons (Fsp3) is 0.222. The van der Waals surface area contributed by atoms with Crippen molar-refractivity contribution >= 4 is 6.29 Å². The molecule has 0 fully saturated rings. The van der Waals surface area contributed by atoms with Crippen LogP contribution in [0.3, 0.4) is 0 Å². The Kier molecular flexibility index (Phi) is 3.44. The van der Waals surface area contributed by atoms with Crippen LogP contribution in [-0.2, 0) is 11.2 Å². The molecule has 1 unspecified atom stereocenters. The molecule has 0 aliphatic heterocycles. The van der Waals surface area contributed by atoms with E-state index in [-0.39, 0.29) is 0 Å². The smallest absolute Gasteiger partial charge is 0.139 e. The SMILES string of the molecule is O=CC(Cc1ccccc1)NO. The van der Waals surface area contributed by atoms with Gasteiger partial charge in [-0.1, -0.05) is 30.3 Å². The molecule has 0 aromatic heterocycles. The molecule has 0 aliphatic rings. The molecule has 12 heavy (non-hydrogen) atoms. The number of hydroxylamine groups is 1. The second kappa shape index (κ2) is 4.64. The molecular weight excluding hydrogens is 154 g/mol. The van der Waals surface area contributed by atoms with Crippen LogP contribution in [0.2, 0.25) is 0 Å². The lowest BCUT2D eigenvalue weighted by atomic mass is 10.1. The van der Waals surface area contributed by atoms with Crippen molar-refractivity contribution in [1.29, 1.82) is 0 Å². The minimum atomic E-state index is -0.507. The molecule has 3 heteroatoms. The highest BCUT2D eigenvalue weighted by atomic mass is 16.5. The van der Waals surface area contributed by atoms with Crippen LogP contribution in [0.5, 0.6) is 0 Å². The van der Waals surface area contributed by atoms with Crippen LogP contribution in [-0.4, -0.2) is 17.5 Å². The van der Waals surface area contributed by atoms with E-state index in [1.807, 2.05) is 35.8 Å². The van der Waals surface area contributed by atoms with Crippen molar-refractivity contribution < 1.29 is 10.0 Å². The summed E-state index contributed by atoms with van der Waals surface area (Å²) >= 11 is 0. The third-order valence-electron chi connectivity index (χ3n) is 1.63. The molecule has 0 radical (unpaired) electrons. The average molecular weight is 165 g/mol. The van der Waals surface area contributed by atoms with Crippen molar-refractivity contribution in [1.82, 2.24) is 5.48 Å². The number of rotatable bonds is 4. The van der Waals surface area contributed by atoms with E-state index in [4.69, 9.17) is 5.21 Å². The number of benzene rings is 1. The molecule has 0 saturated carbocycles. The van der Waals surface area contributed by atoms with E-state index < -0.39 is 6.04 Å².